The number of Topliss-reactive ketones (excluding diaryl/α,β-unsaturated/α-hetero) is 1. The Balaban J connectivity index is 0.00000264. The first-order valence-corrected chi connectivity index (χ1v) is 9.22. The molecule has 2 aliphatic carbocycles. The van der Waals surface area contributed by atoms with Crippen LogP contribution in [0.3, 0.4) is 0 Å². The van der Waals surface area contributed by atoms with Gasteiger partial charge in [0, 0.05) is 45.0 Å². The third kappa shape index (κ3) is 4.67. The molecule has 1 radical (unpaired) electrons. The minimum atomic E-state index is -0.583. The van der Waals surface area contributed by atoms with E-state index < -0.39 is 5.60 Å². The van der Waals surface area contributed by atoms with Gasteiger partial charge in [0.05, 0.1) is 5.60 Å². The Morgan fingerprint density at radius 1 is 1.22 bits per heavy atom. The number of aliphatic hydroxyl groups is 1. The summed E-state index contributed by atoms with van der Waals surface area (Å²) in [6, 6.07) is 0. The second-order valence-corrected chi connectivity index (χ2v) is 9.65. The molecule has 0 heterocycles. The van der Waals surface area contributed by atoms with Gasteiger partial charge in [-0.25, -0.2) is 0 Å². The first kappa shape index (κ1) is 21.8. The SMILES string of the molecule is C[C@H](C1CC[C@H]2C(=O)CCC[C@]12C)C(C)(C)CCC(C)(C)O.[Y]. The van der Waals surface area contributed by atoms with Gasteiger partial charge >= 0.3 is 0 Å². The van der Waals surface area contributed by atoms with Crippen molar-refractivity contribution in [2.24, 2.45) is 28.6 Å². The Labute approximate surface area is 168 Å². The van der Waals surface area contributed by atoms with Crippen LogP contribution < -0.4 is 0 Å². The monoisotopic (exact) mass is 397 g/mol. The molecule has 2 nitrogen and oxygen atoms in total. The third-order valence-corrected chi connectivity index (χ3v) is 7.15. The molecule has 1 N–H and O–H groups in total. The van der Waals surface area contributed by atoms with Gasteiger partial charge < -0.3 is 5.11 Å². The maximum atomic E-state index is 12.3. The van der Waals surface area contributed by atoms with E-state index in [0.29, 0.717) is 23.5 Å². The Morgan fingerprint density at radius 3 is 2.39 bits per heavy atom. The molecular weight excluding hydrogens is 361 g/mol. The van der Waals surface area contributed by atoms with Crippen LogP contribution in [0.25, 0.3) is 0 Å². The fourth-order valence-electron chi connectivity index (χ4n) is 5.19. The fraction of sp³-hybridized carbons (Fsp3) is 0.950. The summed E-state index contributed by atoms with van der Waals surface area (Å²) in [7, 11) is 0. The molecule has 2 saturated carbocycles. The molecule has 0 aromatic carbocycles. The molecule has 0 aromatic rings. The van der Waals surface area contributed by atoms with Crippen LogP contribution in [0.5, 0.6) is 0 Å². The predicted octanol–water partition coefficient (Wildman–Crippen LogP) is 4.98. The van der Waals surface area contributed by atoms with Crippen LogP contribution in [0, 0.1) is 28.6 Å². The predicted molar refractivity (Wildman–Crippen MR) is 91.7 cm³/mol. The molecule has 0 amide bonds. The first-order chi connectivity index (χ1) is 9.97. The summed E-state index contributed by atoms with van der Waals surface area (Å²) in [6.07, 6.45) is 7.31. The van der Waals surface area contributed by atoms with Crippen LogP contribution >= 0.6 is 0 Å². The molecular formula is C20H36O2Y. The molecule has 3 heteroatoms. The number of carbonyl (C=O) groups is 1. The van der Waals surface area contributed by atoms with Crippen molar-refractivity contribution in [3.63, 3.8) is 0 Å². The molecule has 0 aromatic heterocycles. The van der Waals surface area contributed by atoms with Crippen molar-refractivity contribution >= 4 is 5.78 Å². The van der Waals surface area contributed by atoms with Crippen molar-refractivity contribution in [1.82, 2.24) is 0 Å². The second kappa shape index (κ2) is 7.54. The molecule has 2 rings (SSSR count). The van der Waals surface area contributed by atoms with Crippen molar-refractivity contribution < 1.29 is 42.6 Å². The molecule has 131 valence electrons. The quantitative estimate of drug-likeness (QED) is 0.710. The van der Waals surface area contributed by atoms with E-state index in [2.05, 4.69) is 27.7 Å². The van der Waals surface area contributed by atoms with E-state index >= 15 is 0 Å². The van der Waals surface area contributed by atoms with E-state index in [-0.39, 0.29) is 43.5 Å². The van der Waals surface area contributed by atoms with Crippen LogP contribution in [0.4, 0.5) is 0 Å². The summed E-state index contributed by atoms with van der Waals surface area (Å²) in [6.45, 7) is 13.3. The molecule has 0 aliphatic heterocycles. The summed E-state index contributed by atoms with van der Waals surface area (Å²) >= 11 is 0. The third-order valence-electron chi connectivity index (χ3n) is 7.15. The molecule has 23 heavy (non-hydrogen) atoms. The molecule has 2 fully saturated rings. The van der Waals surface area contributed by atoms with Crippen molar-refractivity contribution in [3.8, 4) is 0 Å². The maximum Gasteiger partial charge on any atom is 0.136 e. The Hall–Kier alpha value is 0.734. The van der Waals surface area contributed by atoms with E-state index in [1.54, 1.807) is 0 Å². The summed E-state index contributed by atoms with van der Waals surface area (Å²) in [5.41, 5.74) is -0.149. The number of fused-ring (bicyclic) bond motifs is 1. The molecule has 0 saturated heterocycles. The number of ketones is 1. The minimum absolute atomic E-state index is 0. The normalized spacial score (nSPS) is 33.1. The van der Waals surface area contributed by atoms with E-state index in [1.807, 2.05) is 13.8 Å². The molecule has 0 spiro atoms. The fourth-order valence-corrected chi connectivity index (χ4v) is 5.19. The van der Waals surface area contributed by atoms with Gasteiger partial charge in [-0.05, 0) is 75.0 Å². The van der Waals surface area contributed by atoms with Gasteiger partial charge in [0.15, 0.2) is 0 Å². The van der Waals surface area contributed by atoms with Gasteiger partial charge in [-0.2, -0.15) is 0 Å². The number of rotatable bonds is 5. The van der Waals surface area contributed by atoms with Crippen LogP contribution in [0.1, 0.15) is 86.5 Å². The topological polar surface area (TPSA) is 37.3 Å². The van der Waals surface area contributed by atoms with E-state index in [9.17, 15) is 9.90 Å². The van der Waals surface area contributed by atoms with Gasteiger partial charge in [0.2, 0.25) is 0 Å². The summed E-state index contributed by atoms with van der Waals surface area (Å²) in [4.78, 5) is 12.3. The van der Waals surface area contributed by atoms with Crippen molar-refractivity contribution in [2.45, 2.75) is 92.1 Å². The second-order valence-electron chi connectivity index (χ2n) is 9.65. The Bertz CT molecular complexity index is 424. The standard InChI is InChI=1S/C20H36O2.Y/c1-14(18(2,3)12-13-19(4,5)22)15-9-10-16-17(21)8-7-11-20(15,16)6;/h14-16,22H,7-13H2,1-6H3;/t14-,15?,16+,20-;/m1./s1. The maximum absolute atomic E-state index is 12.3. The average molecular weight is 397 g/mol. The zero-order valence-corrected chi connectivity index (χ0v) is 19.0. The number of carbonyl (C=O) groups excluding carboxylic acids is 1. The van der Waals surface area contributed by atoms with Gasteiger partial charge in [-0.3, -0.25) is 4.79 Å². The zero-order chi connectivity index (χ0) is 16.8. The van der Waals surface area contributed by atoms with E-state index in [0.717, 1.165) is 32.1 Å². The summed E-state index contributed by atoms with van der Waals surface area (Å²) < 4.78 is 0. The minimum Gasteiger partial charge on any atom is -0.390 e. The number of hydrogen-bond acceptors (Lipinski definition) is 2. The van der Waals surface area contributed by atoms with Gasteiger partial charge in [0.25, 0.3) is 0 Å². The summed E-state index contributed by atoms with van der Waals surface area (Å²) in [5.74, 6) is 2.09. The first-order valence-electron chi connectivity index (χ1n) is 9.22. The van der Waals surface area contributed by atoms with Gasteiger partial charge in [-0.1, -0.05) is 27.7 Å². The molecule has 4 atom stereocenters. The Morgan fingerprint density at radius 2 is 1.83 bits per heavy atom. The van der Waals surface area contributed by atoms with Crippen molar-refractivity contribution in [1.29, 1.82) is 0 Å². The van der Waals surface area contributed by atoms with Crippen LogP contribution in [-0.2, 0) is 37.5 Å². The van der Waals surface area contributed by atoms with E-state index in [1.165, 1.54) is 12.8 Å². The average Bonchev–Trinajstić information content (AvgIpc) is 2.73. The number of hydrogen-bond donors (Lipinski definition) is 1. The van der Waals surface area contributed by atoms with Gasteiger partial charge in [0.1, 0.15) is 5.78 Å². The van der Waals surface area contributed by atoms with Crippen LogP contribution in [0.2, 0.25) is 0 Å². The molecule has 1 unspecified atom stereocenters. The molecule has 0 bridgehead atoms. The van der Waals surface area contributed by atoms with Crippen LogP contribution in [0.15, 0.2) is 0 Å². The largest absolute Gasteiger partial charge is 0.390 e. The van der Waals surface area contributed by atoms with Crippen molar-refractivity contribution in [2.75, 3.05) is 0 Å². The van der Waals surface area contributed by atoms with Crippen molar-refractivity contribution in [3.05, 3.63) is 0 Å². The zero-order valence-electron chi connectivity index (χ0n) is 16.1. The summed E-state index contributed by atoms with van der Waals surface area (Å²) in [5, 5.41) is 10.1. The van der Waals surface area contributed by atoms with Gasteiger partial charge in [-0.15, -0.1) is 0 Å². The Kier molecular flexibility index (Phi) is 7.14. The van der Waals surface area contributed by atoms with E-state index in [4.69, 9.17) is 0 Å². The smallest absolute Gasteiger partial charge is 0.136 e. The van der Waals surface area contributed by atoms with Crippen LogP contribution in [-0.4, -0.2) is 16.5 Å². The molecule has 2 aliphatic rings.